The Morgan fingerprint density at radius 1 is 1.31 bits per heavy atom. The number of aryl methyl sites for hydroxylation is 1. The zero-order valence-electron chi connectivity index (χ0n) is 7.31. The van der Waals surface area contributed by atoms with Crippen molar-refractivity contribution in [2.45, 2.75) is 19.4 Å². The van der Waals surface area contributed by atoms with Crippen LogP contribution in [0.5, 0.6) is 5.75 Å². The molecular weight excluding hydrogens is 186 g/mol. The molecule has 1 aliphatic heterocycles. The van der Waals surface area contributed by atoms with Crippen molar-refractivity contribution in [1.82, 2.24) is 5.32 Å². The minimum Gasteiger partial charge on any atom is -0.506 e. The fourth-order valence-electron chi connectivity index (χ4n) is 1.67. The molecule has 0 atom stereocenters. The van der Waals surface area contributed by atoms with Gasteiger partial charge >= 0.3 is 0 Å². The summed E-state index contributed by atoms with van der Waals surface area (Å²) in [7, 11) is 0. The van der Waals surface area contributed by atoms with E-state index in [-0.39, 0.29) is 5.75 Å². The molecule has 2 N–H and O–H groups in total. The van der Waals surface area contributed by atoms with Crippen LogP contribution < -0.4 is 5.32 Å². The van der Waals surface area contributed by atoms with Crippen molar-refractivity contribution in [3.63, 3.8) is 0 Å². The van der Waals surface area contributed by atoms with Gasteiger partial charge < -0.3 is 10.4 Å². The van der Waals surface area contributed by atoms with E-state index in [1.54, 1.807) is 6.07 Å². The first kappa shape index (κ1) is 8.85. The third-order valence-corrected chi connectivity index (χ3v) is 2.69. The average molecular weight is 198 g/mol. The zero-order chi connectivity index (χ0) is 9.26. The molecule has 2 rings (SSSR count). The Balaban J connectivity index is 2.43. The van der Waals surface area contributed by atoms with E-state index in [0.717, 1.165) is 25.9 Å². The molecule has 1 aromatic rings. The van der Waals surface area contributed by atoms with E-state index >= 15 is 0 Å². The minimum absolute atomic E-state index is 0.197. The molecule has 13 heavy (non-hydrogen) atoms. The molecule has 1 aliphatic rings. The highest BCUT2D eigenvalue weighted by molar-refractivity contribution is 6.32. The third-order valence-electron chi connectivity index (χ3n) is 2.38. The van der Waals surface area contributed by atoms with E-state index in [4.69, 9.17) is 11.6 Å². The lowest BCUT2D eigenvalue weighted by Crippen LogP contribution is -2.11. The zero-order valence-corrected chi connectivity index (χ0v) is 8.06. The van der Waals surface area contributed by atoms with E-state index in [1.165, 1.54) is 11.1 Å². The van der Waals surface area contributed by atoms with Gasteiger partial charge in [-0.1, -0.05) is 11.6 Å². The molecule has 3 heteroatoms. The highest BCUT2D eigenvalue weighted by atomic mass is 35.5. The number of hydrogen-bond donors (Lipinski definition) is 2. The number of benzene rings is 1. The van der Waals surface area contributed by atoms with E-state index in [0.29, 0.717) is 5.02 Å². The van der Waals surface area contributed by atoms with Crippen LogP contribution in [0.1, 0.15) is 17.5 Å². The van der Waals surface area contributed by atoms with Gasteiger partial charge in [-0.15, -0.1) is 0 Å². The Kier molecular flexibility index (Phi) is 2.42. The molecule has 0 spiro atoms. The lowest BCUT2D eigenvalue weighted by atomic mass is 10.0. The lowest BCUT2D eigenvalue weighted by molar-refractivity contribution is 0.474. The van der Waals surface area contributed by atoms with Crippen molar-refractivity contribution in [3.05, 3.63) is 28.3 Å². The predicted octanol–water partition coefficient (Wildman–Crippen LogP) is 2.08. The van der Waals surface area contributed by atoms with Crippen LogP contribution in [0.15, 0.2) is 12.1 Å². The average Bonchev–Trinajstić information content (AvgIpc) is 2.31. The number of phenolic OH excluding ortho intramolecular Hbond substituents is 1. The summed E-state index contributed by atoms with van der Waals surface area (Å²) in [6.45, 7) is 1.89. The summed E-state index contributed by atoms with van der Waals surface area (Å²) in [5.74, 6) is 0.197. The monoisotopic (exact) mass is 197 g/mol. The van der Waals surface area contributed by atoms with Crippen molar-refractivity contribution in [1.29, 1.82) is 0 Å². The summed E-state index contributed by atoms with van der Waals surface area (Å²) >= 11 is 5.82. The molecule has 0 radical (unpaired) electrons. The van der Waals surface area contributed by atoms with E-state index in [2.05, 4.69) is 5.32 Å². The Bertz CT molecular complexity index is 294. The second-order valence-electron chi connectivity index (χ2n) is 3.35. The molecule has 0 unspecified atom stereocenters. The molecule has 0 amide bonds. The van der Waals surface area contributed by atoms with Crippen LogP contribution in [0.25, 0.3) is 0 Å². The van der Waals surface area contributed by atoms with Crippen molar-refractivity contribution >= 4 is 11.6 Å². The van der Waals surface area contributed by atoms with Crippen LogP contribution >= 0.6 is 11.6 Å². The molecular formula is C10H12ClNO. The van der Waals surface area contributed by atoms with Gasteiger partial charge in [-0.05, 0) is 42.6 Å². The highest BCUT2D eigenvalue weighted by Crippen LogP contribution is 2.28. The SMILES string of the molecule is Oc1cc2c(cc1Cl)CNCCC2. The van der Waals surface area contributed by atoms with Gasteiger partial charge in [0.1, 0.15) is 5.75 Å². The fraction of sp³-hybridized carbons (Fsp3) is 0.400. The molecule has 0 saturated heterocycles. The maximum Gasteiger partial charge on any atom is 0.134 e. The van der Waals surface area contributed by atoms with E-state index in [1.807, 2.05) is 6.07 Å². The number of aromatic hydroxyl groups is 1. The van der Waals surface area contributed by atoms with Gasteiger partial charge in [0.25, 0.3) is 0 Å². The van der Waals surface area contributed by atoms with Crippen molar-refractivity contribution in [2.24, 2.45) is 0 Å². The van der Waals surface area contributed by atoms with Gasteiger partial charge in [0.05, 0.1) is 5.02 Å². The lowest BCUT2D eigenvalue weighted by Gasteiger charge is -2.06. The second-order valence-corrected chi connectivity index (χ2v) is 3.76. The molecule has 0 aromatic heterocycles. The molecule has 0 aliphatic carbocycles. The largest absolute Gasteiger partial charge is 0.506 e. The molecule has 1 aromatic carbocycles. The number of rotatable bonds is 0. The predicted molar refractivity (Wildman–Crippen MR) is 53.1 cm³/mol. The molecule has 2 nitrogen and oxygen atoms in total. The summed E-state index contributed by atoms with van der Waals surface area (Å²) < 4.78 is 0. The first-order valence-corrected chi connectivity index (χ1v) is 4.86. The van der Waals surface area contributed by atoms with Crippen LogP contribution in [-0.2, 0) is 13.0 Å². The number of hydrogen-bond acceptors (Lipinski definition) is 2. The number of nitrogens with one attached hydrogen (secondary N) is 1. The second kappa shape index (κ2) is 3.56. The third kappa shape index (κ3) is 1.79. The highest BCUT2D eigenvalue weighted by Gasteiger charge is 2.10. The van der Waals surface area contributed by atoms with Gasteiger partial charge in [0, 0.05) is 6.54 Å². The molecule has 70 valence electrons. The first-order chi connectivity index (χ1) is 6.27. The maximum absolute atomic E-state index is 9.41. The fourth-order valence-corrected chi connectivity index (χ4v) is 1.86. The maximum atomic E-state index is 9.41. The van der Waals surface area contributed by atoms with Gasteiger partial charge in [0.2, 0.25) is 0 Å². The standard InChI is InChI=1S/C10H12ClNO/c11-9-4-8-6-12-3-1-2-7(8)5-10(9)13/h4-5,12-13H,1-3,6H2. The number of fused-ring (bicyclic) bond motifs is 1. The van der Waals surface area contributed by atoms with Crippen LogP contribution in [-0.4, -0.2) is 11.7 Å². The summed E-state index contributed by atoms with van der Waals surface area (Å²) in [6, 6.07) is 3.63. The molecule has 1 heterocycles. The Morgan fingerprint density at radius 3 is 3.00 bits per heavy atom. The Hall–Kier alpha value is -0.730. The first-order valence-electron chi connectivity index (χ1n) is 4.48. The van der Waals surface area contributed by atoms with Gasteiger partial charge in [-0.2, -0.15) is 0 Å². The van der Waals surface area contributed by atoms with Crippen LogP contribution in [0.4, 0.5) is 0 Å². The Morgan fingerprint density at radius 2 is 2.15 bits per heavy atom. The van der Waals surface area contributed by atoms with E-state index in [9.17, 15) is 5.11 Å². The van der Waals surface area contributed by atoms with Gasteiger partial charge in [-0.25, -0.2) is 0 Å². The molecule has 0 bridgehead atoms. The van der Waals surface area contributed by atoms with E-state index < -0.39 is 0 Å². The van der Waals surface area contributed by atoms with Crippen LogP contribution in [0, 0.1) is 0 Å². The minimum atomic E-state index is 0.197. The number of phenols is 1. The Labute approximate surface area is 82.5 Å². The van der Waals surface area contributed by atoms with Crippen LogP contribution in [0.2, 0.25) is 5.02 Å². The summed E-state index contributed by atoms with van der Waals surface area (Å²) in [5, 5.41) is 13.2. The topological polar surface area (TPSA) is 32.3 Å². The summed E-state index contributed by atoms with van der Waals surface area (Å²) in [4.78, 5) is 0. The quantitative estimate of drug-likeness (QED) is 0.668. The van der Waals surface area contributed by atoms with Gasteiger partial charge in [-0.3, -0.25) is 0 Å². The van der Waals surface area contributed by atoms with Crippen molar-refractivity contribution in [2.75, 3.05) is 6.54 Å². The molecule has 0 saturated carbocycles. The summed E-state index contributed by atoms with van der Waals surface area (Å²) in [5.41, 5.74) is 2.42. The van der Waals surface area contributed by atoms with Crippen molar-refractivity contribution in [3.8, 4) is 5.75 Å². The summed E-state index contributed by atoms with van der Waals surface area (Å²) in [6.07, 6.45) is 2.14. The smallest absolute Gasteiger partial charge is 0.134 e. The van der Waals surface area contributed by atoms with Crippen molar-refractivity contribution < 1.29 is 5.11 Å². The molecule has 0 fully saturated rings. The number of halogens is 1. The normalized spacial score (nSPS) is 16.4. The van der Waals surface area contributed by atoms with Crippen LogP contribution in [0.3, 0.4) is 0 Å². The van der Waals surface area contributed by atoms with Gasteiger partial charge in [0.15, 0.2) is 0 Å².